The van der Waals surface area contributed by atoms with E-state index in [0.717, 1.165) is 36.0 Å². The first-order chi connectivity index (χ1) is 8.79. The Morgan fingerprint density at radius 2 is 1.50 bits per heavy atom. The lowest BCUT2D eigenvalue weighted by Gasteiger charge is -2.54. The van der Waals surface area contributed by atoms with Crippen LogP contribution in [0.15, 0.2) is 24.3 Å². The molecule has 1 N–H and O–H groups in total. The van der Waals surface area contributed by atoms with Crippen molar-refractivity contribution in [1.29, 1.82) is 0 Å². The molecule has 18 heavy (non-hydrogen) atoms. The fourth-order valence-electron chi connectivity index (χ4n) is 5.31. The molecule has 0 heterocycles. The lowest BCUT2D eigenvalue weighted by Crippen LogP contribution is -2.45. The van der Waals surface area contributed by atoms with Crippen LogP contribution in [-0.2, 0) is 6.42 Å². The van der Waals surface area contributed by atoms with Gasteiger partial charge in [-0.05, 0) is 79.7 Å². The monoisotopic (exact) mass is 242 g/mol. The maximum Gasteiger partial charge on any atom is 0.118 e. The molecule has 1 nitrogen and oxygen atoms in total. The Kier molecular flexibility index (Phi) is 2.43. The van der Waals surface area contributed by atoms with Crippen LogP contribution in [0.1, 0.15) is 37.7 Å². The second kappa shape index (κ2) is 4.01. The number of hydrogen-bond donors (Lipinski definition) is 1. The van der Waals surface area contributed by atoms with Gasteiger partial charge in [0.1, 0.15) is 5.75 Å². The Bertz CT molecular complexity index is 423. The Labute approximate surface area is 109 Å². The molecule has 0 amide bonds. The Hall–Kier alpha value is -0.980. The van der Waals surface area contributed by atoms with E-state index in [4.69, 9.17) is 0 Å². The molecule has 0 radical (unpaired) electrons. The van der Waals surface area contributed by atoms with Crippen molar-refractivity contribution in [3.05, 3.63) is 29.8 Å². The van der Waals surface area contributed by atoms with E-state index >= 15 is 0 Å². The molecular formula is C17H22O. The second-order valence-electron chi connectivity index (χ2n) is 6.93. The molecule has 1 aromatic carbocycles. The van der Waals surface area contributed by atoms with Gasteiger partial charge in [0, 0.05) is 0 Å². The number of benzene rings is 1. The van der Waals surface area contributed by atoms with E-state index in [1.807, 2.05) is 12.1 Å². The minimum Gasteiger partial charge on any atom is -0.508 e. The largest absolute Gasteiger partial charge is 0.508 e. The van der Waals surface area contributed by atoms with E-state index in [1.165, 1.54) is 37.7 Å². The number of hydrogen-bond acceptors (Lipinski definition) is 1. The lowest BCUT2D eigenvalue weighted by atomic mass is 9.51. The standard InChI is InChI=1S/C17H22O/c18-17-4-2-1-3-13(17)10-16-14-6-11-5-12(8-14)9-15(16)7-11/h1-4,11-12,14-16,18H,5-10H2. The highest BCUT2D eigenvalue weighted by atomic mass is 16.3. The van der Waals surface area contributed by atoms with Crippen molar-refractivity contribution in [2.45, 2.75) is 38.5 Å². The fourth-order valence-corrected chi connectivity index (χ4v) is 5.31. The molecule has 0 saturated heterocycles. The van der Waals surface area contributed by atoms with Gasteiger partial charge in [-0.3, -0.25) is 0 Å². The SMILES string of the molecule is Oc1ccccc1CC1C2CC3CC(C2)CC1C3. The highest BCUT2D eigenvalue weighted by Crippen LogP contribution is 2.57. The van der Waals surface area contributed by atoms with Crippen LogP contribution in [0.25, 0.3) is 0 Å². The molecule has 5 rings (SSSR count). The third-order valence-electron chi connectivity index (χ3n) is 5.87. The summed E-state index contributed by atoms with van der Waals surface area (Å²) in [6.07, 6.45) is 8.55. The quantitative estimate of drug-likeness (QED) is 0.831. The van der Waals surface area contributed by atoms with Gasteiger partial charge in [0.25, 0.3) is 0 Å². The summed E-state index contributed by atoms with van der Waals surface area (Å²) in [5.41, 5.74) is 1.18. The van der Waals surface area contributed by atoms with E-state index in [9.17, 15) is 5.11 Å². The molecule has 0 aromatic heterocycles. The maximum atomic E-state index is 9.97. The van der Waals surface area contributed by atoms with Crippen LogP contribution >= 0.6 is 0 Å². The molecule has 1 aromatic rings. The molecule has 4 saturated carbocycles. The number of para-hydroxylation sites is 1. The average Bonchev–Trinajstić information content (AvgIpc) is 2.35. The van der Waals surface area contributed by atoms with Crippen LogP contribution in [0.2, 0.25) is 0 Å². The first kappa shape index (κ1) is 10.9. The smallest absolute Gasteiger partial charge is 0.118 e. The normalized spacial score (nSPS) is 41.2. The van der Waals surface area contributed by atoms with Crippen LogP contribution in [0, 0.1) is 29.6 Å². The Balaban J connectivity index is 1.57. The molecule has 1 heteroatoms. The molecule has 4 fully saturated rings. The predicted molar refractivity (Wildman–Crippen MR) is 72.3 cm³/mol. The third-order valence-corrected chi connectivity index (χ3v) is 5.87. The van der Waals surface area contributed by atoms with Crippen LogP contribution in [0.5, 0.6) is 5.75 Å². The molecule has 0 aliphatic heterocycles. The van der Waals surface area contributed by atoms with E-state index in [2.05, 4.69) is 12.1 Å². The second-order valence-corrected chi connectivity index (χ2v) is 6.93. The molecule has 0 spiro atoms. The molecule has 4 aliphatic carbocycles. The number of rotatable bonds is 2. The van der Waals surface area contributed by atoms with Crippen molar-refractivity contribution >= 4 is 0 Å². The van der Waals surface area contributed by atoms with Crippen molar-refractivity contribution in [1.82, 2.24) is 0 Å². The van der Waals surface area contributed by atoms with E-state index in [0.29, 0.717) is 5.75 Å². The summed E-state index contributed by atoms with van der Waals surface area (Å²) >= 11 is 0. The zero-order valence-corrected chi connectivity index (χ0v) is 10.9. The van der Waals surface area contributed by atoms with Gasteiger partial charge in [0.2, 0.25) is 0 Å². The zero-order valence-electron chi connectivity index (χ0n) is 10.9. The van der Waals surface area contributed by atoms with Crippen molar-refractivity contribution < 1.29 is 5.11 Å². The van der Waals surface area contributed by atoms with Gasteiger partial charge in [-0.15, -0.1) is 0 Å². The number of aromatic hydroxyl groups is 1. The number of phenolic OH excluding ortho intramolecular Hbond substituents is 1. The molecule has 4 bridgehead atoms. The van der Waals surface area contributed by atoms with Crippen molar-refractivity contribution in [3.63, 3.8) is 0 Å². The van der Waals surface area contributed by atoms with Crippen molar-refractivity contribution in [2.24, 2.45) is 29.6 Å². The summed E-state index contributed by atoms with van der Waals surface area (Å²) in [5, 5.41) is 9.97. The first-order valence-corrected chi connectivity index (χ1v) is 7.56. The predicted octanol–water partition coefficient (Wildman–Crippen LogP) is 4.01. The highest BCUT2D eigenvalue weighted by Gasteiger charge is 2.47. The maximum absolute atomic E-state index is 9.97. The fraction of sp³-hybridized carbons (Fsp3) is 0.647. The Morgan fingerprint density at radius 3 is 2.11 bits per heavy atom. The topological polar surface area (TPSA) is 20.2 Å². The first-order valence-electron chi connectivity index (χ1n) is 7.56. The van der Waals surface area contributed by atoms with Gasteiger partial charge in [0.15, 0.2) is 0 Å². The molecule has 96 valence electrons. The minimum absolute atomic E-state index is 0.506. The van der Waals surface area contributed by atoms with Crippen LogP contribution < -0.4 is 0 Å². The van der Waals surface area contributed by atoms with Crippen molar-refractivity contribution in [2.75, 3.05) is 0 Å². The van der Waals surface area contributed by atoms with Gasteiger partial charge in [-0.25, -0.2) is 0 Å². The summed E-state index contributed by atoms with van der Waals surface area (Å²) < 4.78 is 0. The van der Waals surface area contributed by atoms with Gasteiger partial charge in [0.05, 0.1) is 0 Å². The minimum atomic E-state index is 0.506. The van der Waals surface area contributed by atoms with Crippen LogP contribution in [-0.4, -0.2) is 5.11 Å². The molecule has 0 atom stereocenters. The summed E-state index contributed by atoms with van der Waals surface area (Å²) in [4.78, 5) is 0. The average molecular weight is 242 g/mol. The summed E-state index contributed by atoms with van der Waals surface area (Å²) in [6.45, 7) is 0. The lowest BCUT2D eigenvalue weighted by molar-refractivity contribution is -0.0361. The van der Waals surface area contributed by atoms with E-state index in [-0.39, 0.29) is 0 Å². The van der Waals surface area contributed by atoms with Crippen molar-refractivity contribution in [3.8, 4) is 5.75 Å². The van der Waals surface area contributed by atoms with Gasteiger partial charge >= 0.3 is 0 Å². The molecular weight excluding hydrogens is 220 g/mol. The van der Waals surface area contributed by atoms with E-state index < -0.39 is 0 Å². The molecule has 0 unspecified atom stereocenters. The summed E-state index contributed by atoms with van der Waals surface area (Å²) in [6, 6.07) is 7.94. The van der Waals surface area contributed by atoms with Gasteiger partial charge in [-0.1, -0.05) is 18.2 Å². The van der Waals surface area contributed by atoms with Crippen LogP contribution in [0.4, 0.5) is 0 Å². The molecule has 4 aliphatic rings. The summed E-state index contributed by atoms with van der Waals surface area (Å²) in [7, 11) is 0. The van der Waals surface area contributed by atoms with Crippen LogP contribution in [0.3, 0.4) is 0 Å². The highest BCUT2D eigenvalue weighted by molar-refractivity contribution is 5.32. The third kappa shape index (κ3) is 1.67. The van der Waals surface area contributed by atoms with Gasteiger partial charge < -0.3 is 5.11 Å². The van der Waals surface area contributed by atoms with Gasteiger partial charge in [-0.2, -0.15) is 0 Å². The summed E-state index contributed by atoms with van der Waals surface area (Å²) in [5.74, 6) is 5.38. The zero-order chi connectivity index (χ0) is 12.1. The Morgan fingerprint density at radius 1 is 0.889 bits per heavy atom. The number of phenols is 1. The van der Waals surface area contributed by atoms with E-state index in [1.54, 1.807) is 0 Å².